The van der Waals surface area contributed by atoms with Gasteiger partial charge in [-0.3, -0.25) is 19.8 Å². The van der Waals surface area contributed by atoms with Crippen LogP contribution in [0.2, 0.25) is 0 Å². The lowest BCUT2D eigenvalue weighted by molar-refractivity contribution is -0.123. The minimum Gasteiger partial charge on any atom is -0.369 e. The molecule has 4 amide bonds. The Morgan fingerprint density at radius 2 is 1.62 bits per heavy atom. The summed E-state index contributed by atoms with van der Waals surface area (Å²) in [6, 6.07) is 14.1. The van der Waals surface area contributed by atoms with Gasteiger partial charge in [-0.1, -0.05) is 29.8 Å². The number of carbonyl (C=O) groups excluding carboxylic acids is 3. The maximum Gasteiger partial charge on any atom is 0.342 e. The Morgan fingerprint density at radius 3 is 2.34 bits per heavy atom. The fourth-order valence-electron chi connectivity index (χ4n) is 4.62. The molecule has 2 fully saturated rings. The second kappa shape index (κ2) is 8.27. The highest BCUT2D eigenvalue weighted by atomic mass is 16.2. The lowest BCUT2D eigenvalue weighted by Gasteiger charge is -2.36. The highest BCUT2D eigenvalue weighted by Crippen LogP contribution is 2.27. The first-order valence-corrected chi connectivity index (χ1v) is 11.1. The minimum atomic E-state index is -0.533. The Kier molecular flexibility index (Phi) is 5.30. The Bertz CT molecular complexity index is 1060. The lowest BCUT2D eigenvalue weighted by Crippen LogP contribution is -2.56. The molecule has 0 spiro atoms. The number of rotatable bonds is 4. The molecule has 0 radical (unpaired) electrons. The van der Waals surface area contributed by atoms with E-state index in [0.717, 1.165) is 38.3 Å². The molecule has 3 aliphatic heterocycles. The van der Waals surface area contributed by atoms with E-state index in [9.17, 15) is 14.4 Å². The number of fused-ring (bicyclic) bond motifs is 1. The van der Waals surface area contributed by atoms with Gasteiger partial charge in [-0.25, -0.2) is 14.8 Å². The SMILES string of the molecule is Cc1ccc(N2CCN(Cc3ccc4c(c3)CN(N3CCC(=O)NC3=O)C4=O)CC2)cc1. The third-order valence-electron chi connectivity index (χ3n) is 6.46. The fourth-order valence-corrected chi connectivity index (χ4v) is 4.62. The number of benzene rings is 2. The topological polar surface area (TPSA) is 76.2 Å². The van der Waals surface area contributed by atoms with Crippen LogP contribution in [0.3, 0.4) is 0 Å². The molecule has 1 N–H and O–H groups in total. The monoisotopic (exact) mass is 433 g/mol. The van der Waals surface area contributed by atoms with Crippen molar-refractivity contribution in [3.63, 3.8) is 0 Å². The van der Waals surface area contributed by atoms with Crippen molar-refractivity contribution in [1.29, 1.82) is 0 Å². The standard InChI is InChI=1S/C24H27N5O3/c1-17-2-5-20(6-3-17)27-12-10-26(11-13-27)15-18-4-7-21-19(14-18)16-29(23(21)31)28-9-8-22(30)25-24(28)32/h2-7,14H,8-13,15-16H2,1H3,(H,25,30,32). The van der Waals surface area contributed by atoms with Gasteiger partial charge in [-0.05, 0) is 36.2 Å². The number of piperazine rings is 1. The number of anilines is 1. The van der Waals surface area contributed by atoms with Crippen LogP contribution in [-0.4, -0.2) is 65.5 Å². The molecule has 2 saturated heterocycles. The summed E-state index contributed by atoms with van der Waals surface area (Å²) in [4.78, 5) is 41.2. The van der Waals surface area contributed by atoms with E-state index in [-0.39, 0.29) is 24.8 Å². The lowest BCUT2D eigenvalue weighted by atomic mass is 10.1. The van der Waals surface area contributed by atoms with E-state index < -0.39 is 6.03 Å². The molecule has 0 saturated carbocycles. The van der Waals surface area contributed by atoms with Crippen LogP contribution in [0.1, 0.15) is 33.5 Å². The van der Waals surface area contributed by atoms with Crippen molar-refractivity contribution in [3.8, 4) is 0 Å². The third-order valence-corrected chi connectivity index (χ3v) is 6.46. The summed E-state index contributed by atoms with van der Waals surface area (Å²) in [6.45, 7) is 7.46. The molecule has 3 aliphatic rings. The first-order valence-electron chi connectivity index (χ1n) is 11.1. The second-order valence-corrected chi connectivity index (χ2v) is 8.68. The number of hydrazine groups is 1. The molecule has 0 unspecified atom stereocenters. The van der Waals surface area contributed by atoms with Crippen LogP contribution in [0.15, 0.2) is 42.5 Å². The van der Waals surface area contributed by atoms with Gasteiger partial charge in [-0.2, -0.15) is 0 Å². The van der Waals surface area contributed by atoms with Crippen LogP contribution >= 0.6 is 0 Å². The Morgan fingerprint density at radius 1 is 0.875 bits per heavy atom. The summed E-state index contributed by atoms with van der Waals surface area (Å²) >= 11 is 0. The average Bonchev–Trinajstić information content (AvgIpc) is 3.10. The largest absolute Gasteiger partial charge is 0.369 e. The predicted octanol–water partition coefficient (Wildman–Crippen LogP) is 2.13. The van der Waals surface area contributed by atoms with E-state index >= 15 is 0 Å². The predicted molar refractivity (Wildman–Crippen MR) is 120 cm³/mol. The van der Waals surface area contributed by atoms with Gasteiger partial charge >= 0.3 is 6.03 Å². The Balaban J connectivity index is 1.21. The smallest absolute Gasteiger partial charge is 0.342 e. The maximum atomic E-state index is 12.8. The van der Waals surface area contributed by atoms with Crippen LogP contribution < -0.4 is 10.2 Å². The van der Waals surface area contributed by atoms with Gasteiger partial charge in [0.1, 0.15) is 0 Å². The molecule has 5 rings (SSSR count). The van der Waals surface area contributed by atoms with Crippen molar-refractivity contribution in [2.75, 3.05) is 37.6 Å². The van der Waals surface area contributed by atoms with E-state index in [1.807, 2.05) is 12.1 Å². The number of urea groups is 1. The molecule has 8 heteroatoms. The molecule has 166 valence electrons. The summed E-state index contributed by atoms with van der Waals surface area (Å²) < 4.78 is 0. The van der Waals surface area contributed by atoms with Gasteiger partial charge in [0.05, 0.1) is 13.1 Å². The van der Waals surface area contributed by atoms with Crippen molar-refractivity contribution < 1.29 is 14.4 Å². The summed E-state index contributed by atoms with van der Waals surface area (Å²) in [5.74, 6) is -0.497. The van der Waals surface area contributed by atoms with E-state index in [1.165, 1.54) is 26.8 Å². The minimum absolute atomic E-state index is 0.192. The highest BCUT2D eigenvalue weighted by Gasteiger charge is 2.36. The van der Waals surface area contributed by atoms with E-state index in [1.54, 1.807) is 0 Å². The van der Waals surface area contributed by atoms with Crippen LogP contribution in [0.25, 0.3) is 0 Å². The number of imide groups is 1. The zero-order valence-electron chi connectivity index (χ0n) is 18.2. The molecule has 0 aliphatic carbocycles. The molecule has 32 heavy (non-hydrogen) atoms. The van der Waals surface area contributed by atoms with E-state index in [4.69, 9.17) is 0 Å². The zero-order chi connectivity index (χ0) is 22.2. The maximum absolute atomic E-state index is 12.8. The molecule has 3 heterocycles. The van der Waals surface area contributed by atoms with Crippen molar-refractivity contribution >= 4 is 23.5 Å². The fraction of sp³-hybridized carbons (Fsp3) is 0.375. The van der Waals surface area contributed by atoms with Gasteiger partial charge in [-0.15, -0.1) is 0 Å². The normalized spacial score (nSPS) is 19.4. The van der Waals surface area contributed by atoms with Crippen molar-refractivity contribution in [1.82, 2.24) is 20.2 Å². The quantitative estimate of drug-likeness (QED) is 0.800. The summed E-state index contributed by atoms with van der Waals surface area (Å²) in [5.41, 5.74) is 5.27. The van der Waals surface area contributed by atoms with Gasteiger partial charge in [0, 0.05) is 50.4 Å². The molecule has 0 aromatic heterocycles. The molecule has 0 bridgehead atoms. The number of carbonyl (C=O) groups is 3. The highest BCUT2D eigenvalue weighted by molar-refractivity contribution is 6.01. The molecule has 2 aromatic carbocycles. The molecule has 8 nitrogen and oxygen atoms in total. The van der Waals surface area contributed by atoms with Gasteiger partial charge in [0.15, 0.2) is 0 Å². The zero-order valence-corrected chi connectivity index (χ0v) is 18.2. The molecular formula is C24H27N5O3. The summed E-state index contributed by atoms with van der Waals surface area (Å²) in [5, 5.41) is 5.06. The van der Waals surface area contributed by atoms with E-state index in [0.29, 0.717) is 12.1 Å². The number of hydrogen-bond acceptors (Lipinski definition) is 5. The van der Waals surface area contributed by atoms with Gasteiger partial charge in [0.25, 0.3) is 5.91 Å². The van der Waals surface area contributed by atoms with Crippen LogP contribution in [-0.2, 0) is 17.9 Å². The Hall–Kier alpha value is -3.39. The summed E-state index contributed by atoms with van der Waals surface area (Å²) in [6.07, 6.45) is 0.200. The molecule has 2 aromatic rings. The summed E-state index contributed by atoms with van der Waals surface area (Å²) in [7, 11) is 0. The van der Waals surface area contributed by atoms with Crippen molar-refractivity contribution in [3.05, 3.63) is 64.7 Å². The third kappa shape index (κ3) is 3.93. The molecular weight excluding hydrogens is 406 g/mol. The number of hydrogen-bond donors (Lipinski definition) is 1. The number of nitrogens with one attached hydrogen (secondary N) is 1. The number of aryl methyl sites for hydroxylation is 1. The number of amides is 4. The average molecular weight is 434 g/mol. The first kappa shape index (κ1) is 20.5. The van der Waals surface area contributed by atoms with E-state index in [2.05, 4.69) is 52.4 Å². The van der Waals surface area contributed by atoms with Crippen LogP contribution in [0.5, 0.6) is 0 Å². The van der Waals surface area contributed by atoms with Crippen molar-refractivity contribution in [2.45, 2.75) is 26.4 Å². The van der Waals surface area contributed by atoms with Crippen LogP contribution in [0, 0.1) is 6.92 Å². The van der Waals surface area contributed by atoms with Gasteiger partial charge < -0.3 is 4.90 Å². The Labute approximate surface area is 187 Å². The van der Waals surface area contributed by atoms with Crippen LogP contribution in [0.4, 0.5) is 10.5 Å². The van der Waals surface area contributed by atoms with Gasteiger partial charge in [0.2, 0.25) is 5.91 Å². The van der Waals surface area contributed by atoms with Crippen molar-refractivity contribution in [2.24, 2.45) is 0 Å². The molecule has 0 atom stereocenters. The second-order valence-electron chi connectivity index (χ2n) is 8.68. The number of nitrogens with zero attached hydrogens (tertiary/aromatic N) is 4. The first-order chi connectivity index (χ1) is 15.5.